The highest BCUT2D eigenvalue weighted by atomic mass is 16.7. The Hall–Kier alpha value is -1.14. The number of aliphatic hydroxyl groups is 1. The normalized spacial score (nSPS) is 34.1. The summed E-state index contributed by atoms with van der Waals surface area (Å²) in [5.41, 5.74) is 0. The van der Waals surface area contributed by atoms with Gasteiger partial charge in [-0.2, -0.15) is 0 Å². The van der Waals surface area contributed by atoms with Gasteiger partial charge in [0.05, 0.1) is 0 Å². The van der Waals surface area contributed by atoms with Gasteiger partial charge in [-0.05, 0) is 12.8 Å². The smallest absolute Gasteiger partial charge is 0.364 e. The molecule has 1 saturated heterocycles. The molecule has 1 aliphatic rings. The maximum atomic E-state index is 10.5. The Balaban J connectivity index is 2.71. The van der Waals surface area contributed by atoms with E-state index in [1.807, 2.05) is 0 Å². The van der Waals surface area contributed by atoms with E-state index in [0.717, 1.165) is 0 Å². The van der Waals surface area contributed by atoms with Gasteiger partial charge in [0, 0.05) is 6.42 Å². The Morgan fingerprint density at radius 1 is 1.38 bits per heavy atom. The van der Waals surface area contributed by atoms with Gasteiger partial charge in [0.2, 0.25) is 0 Å². The third kappa shape index (κ3) is 1.96. The largest absolute Gasteiger partial charge is 0.479 e. The molecule has 74 valence electrons. The minimum Gasteiger partial charge on any atom is -0.479 e. The number of ether oxygens (including phenoxy) is 1. The fraction of sp³-hybridized carbons (Fsp3) is 0.714. The lowest BCUT2D eigenvalue weighted by atomic mass is 10.0. The topological polar surface area (TPSA) is 104 Å². The number of carbonyl (C=O) groups is 2. The second-order valence-electron chi connectivity index (χ2n) is 2.93. The van der Waals surface area contributed by atoms with E-state index in [1.165, 1.54) is 0 Å². The molecule has 0 amide bonds. The van der Waals surface area contributed by atoms with E-state index in [2.05, 4.69) is 4.74 Å². The van der Waals surface area contributed by atoms with Crippen LogP contribution < -0.4 is 0 Å². The number of carboxylic acid groups (broad SMARTS) is 2. The molecule has 1 fully saturated rings. The highest BCUT2D eigenvalue weighted by molar-refractivity contribution is 5.77. The second kappa shape index (κ2) is 3.31. The average molecular weight is 190 g/mol. The maximum Gasteiger partial charge on any atom is 0.364 e. The zero-order chi connectivity index (χ0) is 10.1. The Morgan fingerprint density at radius 2 is 2.00 bits per heavy atom. The number of hydrogen-bond acceptors (Lipinski definition) is 4. The summed E-state index contributed by atoms with van der Waals surface area (Å²) in [5.74, 6) is -5.13. The van der Waals surface area contributed by atoms with Gasteiger partial charge in [0.25, 0.3) is 5.79 Å². The van der Waals surface area contributed by atoms with Crippen LogP contribution in [0.4, 0.5) is 0 Å². The summed E-state index contributed by atoms with van der Waals surface area (Å²) < 4.78 is 4.55. The fourth-order valence-corrected chi connectivity index (χ4v) is 1.21. The molecular formula is C7H10O6. The number of hydrogen-bond donors (Lipinski definition) is 3. The molecule has 1 heterocycles. The van der Waals surface area contributed by atoms with E-state index in [0.29, 0.717) is 6.42 Å². The van der Waals surface area contributed by atoms with E-state index < -0.39 is 23.8 Å². The second-order valence-corrected chi connectivity index (χ2v) is 2.93. The number of aliphatic carboxylic acids is 2. The summed E-state index contributed by atoms with van der Waals surface area (Å²) in [5, 5.41) is 26.3. The molecule has 1 rings (SSSR count). The van der Waals surface area contributed by atoms with E-state index in [1.54, 1.807) is 0 Å². The van der Waals surface area contributed by atoms with Crippen LogP contribution in [0.3, 0.4) is 0 Å². The highest BCUT2D eigenvalue weighted by Gasteiger charge is 2.44. The Labute approximate surface area is 73.7 Å². The summed E-state index contributed by atoms with van der Waals surface area (Å²) >= 11 is 0. The van der Waals surface area contributed by atoms with Crippen LogP contribution in [0.1, 0.15) is 19.3 Å². The third-order valence-electron chi connectivity index (χ3n) is 1.93. The van der Waals surface area contributed by atoms with E-state index in [4.69, 9.17) is 10.2 Å². The predicted octanol–water partition coefficient (Wildman–Crippen LogP) is -0.587. The van der Waals surface area contributed by atoms with Gasteiger partial charge in [-0.25, -0.2) is 9.59 Å². The molecule has 0 spiro atoms. The SMILES string of the molecule is O=C(O)[C@@H]1CCCC(O)(C(=O)O)O1. The van der Waals surface area contributed by atoms with Gasteiger partial charge < -0.3 is 20.1 Å². The first-order chi connectivity index (χ1) is 5.96. The van der Waals surface area contributed by atoms with Crippen molar-refractivity contribution in [2.24, 2.45) is 0 Å². The molecular weight excluding hydrogens is 180 g/mol. The molecule has 1 aliphatic heterocycles. The molecule has 13 heavy (non-hydrogen) atoms. The molecule has 0 aromatic heterocycles. The quantitative estimate of drug-likeness (QED) is 0.537. The van der Waals surface area contributed by atoms with Crippen molar-refractivity contribution in [1.82, 2.24) is 0 Å². The monoisotopic (exact) mass is 190 g/mol. The van der Waals surface area contributed by atoms with Gasteiger partial charge in [-0.1, -0.05) is 0 Å². The van der Waals surface area contributed by atoms with Gasteiger partial charge in [-0.15, -0.1) is 0 Å². The summed E-state index contributed by atoms with van der Waals surface area (Å²) in [6.07, 6.45) is -0.758. The van der Waals surface area contributed by atoms with Crippen molar-refractivity contribution in [3.63, 3.8) is 0 Å². The van der Waals surface area contributed by atoms with Crippen LogP contribution >= 0.6 is 0 Å². The molecule has 3 N–H and O–H groups in total. The van der Waals surface area contributed by atoms with Crippen LogP contribution in [0.25, 0.3) is 0 Å². The van der Waals surface area contributed by atoms with Crippen molar-refractivity contribution < 1.29 is 29.6 Å². The van der Waals surface area contributed by atoms with Gasteiger partial charge in [-0.3, -0.25) is 0 Å². The first-order valence-electron chi connectivity index (χ1n) is 3.82. The van der Waals surface area contributed by atoms with Crippen molar-refractivity contribution in [1.29, 1.82) is 0 Å². The van der Waals surface area contributed by atoms with E-state index in [-0.39, 0.29) is 12.8 Å². The van der Waals surface area contributed by atoms with Crippen molar-refractivity contribution in [3.05, 3.63) is 0 Å². The van der Waals surface area contributed by atoms with Gasteiger partial charge in [0.15, 0.2) is 6.10 Å². The third-order valence-corrected chi connectivity index (χ3v) is 1.93. The Kier molecular flexibility index (Phi) is 2.53. The minimum absolute atomic E-state index is 0.0773. The molecule has 0 saturated carbocycles. The lowest BCUT2D eigenvalue weighted by Gasteiger charge is -2.31. The Bertz CT molecular complexity index is 237. The summed E-state index contributed by atoms with van der Waals surface area (Å²) in [7, 11) is 0. The molecule has 0 aromatic rings. The summed E-state index contributed by atoms with van der Waals surface area (Å²) in [4.78, 5) is 20.9. The average Bonchev–Trinajstić information content (AvgIpc) is 2.04. The molecule has 0 bridgehead atoms. The first kappa shape index (κ1) is 9.94. The van der Waals surface area contributed by atoms with Crippen LogP contribution in [0.15, 0.2) is 0 Å². The Morgan fingerprint density at radius 3 is 2.46 bits per heavy atom. The van der Waals surface area contributed by atoms with Gasteiger partial charge >= 0.3 is 11.9 Å². The van der Waals surface area contributed by atoms with E-state index >= 15 is 0 Å². The molecule has 0 aliphatic carbocycles. The summed E-state index contributed by atoms with van der Waals surface area (Å²) in [6, 6.07) is 0. The highest BCUT2D eigenvalue weighted by Crippen LogP contribution is 2.26. The van der Waals surface area contributed by atoms with Crippen molar-refractivity contribution >= 4 is 11.9 Å². The molecule has 6 heteroatoms. The van der Waals surface area contributed by atoms with Crippen molar-refractivity contribution in [2.45, 2.75) is 31.2 Å². The molecule has 0 radical (unpaired) electrons. The van der Waals surface area contributed by atoms with E-state index in [9.17, 15) is 14.7 Å². The van der Waals surface area contributed by atoms with Crippen LogP contribution in [-0.4, -0.2) is 39.1 Å². The fourth-order valence-electron chi connectivity index (χ4n) is 1.21. The van der Waals surface area contributed by atoms with Crippen LogP contribution in [0, 0.1) is 0 Å². The number of carboxylic acids is 2. The van der Waals surface area contributed by atoms with Crippen molar-refractivity contribution in [2.75, 3.05) is 0 Å². The zero-order valence-electron chi connectivity index (χ0n) is 6.77. The molecule has 0 aromatic carbocycles. The van der Waals surface area contributed by atoms with Crippen molar-refractivity contribution in [3.8, 4) is 0 Å². The van der Waals surface area contributed by atoms with Crippen LogP contribution in [0.2, 0.25) is 0 Å². The standard InChI is InChI=1S/C7H10O6/c8-5(9)4-2-1-3-7(12,13-4)6(10)11/h4,12H,1-3H2,(H,8,9)(H,10,11)/t4-,7?/m0/s1. The number of rotatable bonds is 2. The minimum atomic E-state index is -2.33. The molecule has 1 unspecified atom stereocenters. The first-order valence-corrected chi connectivity index (χ1v) is 3.82. The molecule has 2 atom stereocenters. The van der Waals surface area contributed by atoms with Gasteiger partial charge in [0.1, 0.15) is 0 Å². The van der Waals surface area contributed by atoms with Crippen LogP contribution in [-0.2, 0) is 14.3 Å². The molecule has 6 nitrogen and oxygen atoms in total. The van der Waals surface area contributed by atoms with Crippen LogP contribution in [0.5, 0.6) is 0 Å². The zero-order valence-corrected chi connectivity index (χ0v) is 6.77. The summed E-state index contributed by atoms with van der Waals surface area (Å²) in [6.45, 7) is 0. The predicted molar refractivity (Wildman–Crippen MR) is 38.9 cm³/mol. The lowest BCUT2D eigenvalue weighted by molar-refractivity contribution is -0.256. The maximum absolute atomic E-state index is 10.5. The lowest BCUT2D eigenvalue weighted by Crippen LogP contribution is -2.49.